The number of hydrogen-bond acceptors (Lipinski definition) is 3. The van der Waals surface area contributed by atoms with Gasteiger partial charge in [0.1, 0.15) is 0 Å². The fourth-order valence-electron chi connectivity index (χ4n) is 2.79. The first-order valence-electron chi connectivity index (χ1n) is 9.45. The summed E-state index contributed by atoms with van der Waals surface area (Å²) in [4.78, 5) is 11.2. The van der Waals surface area contributed by atoms with Crippen molar-refractivity contribution in [3.8, 4) is 0 Å². The minimum Gasteiger partial charge on any atom is -0.370 e. The minimum atomic E-state index is 0. The topological polar surface area (TPSA) is 52.6 Å². The molecule has 0 aliphatic carbocycles. The highest BCUT2D eigenvalue weighted by atomic mass is 127. The van der Waals surface area contributed by atoms with E-state index in [1.54, 1.807) is 6.20 Å². The van der Waals surface area contributed by atoms with Crippen LogP contribution in [0.1, 0.15) is 25.0 Å². The lowest BCUT2D eigenvalue weighted by Gasteiger charge is -2.24. The van der Waals surface area contributed by atoms with E-state index in [9.17, 15) is 0 Å². The van der Waals surface area contributed by atoms with Crippen LogP contribution in [-0.4, -0.2) is 43.7 Å². The van der Waals surface area contributed by atoms with Crippen LogP contribution in [0.15, 0.2) is 53.8 Å². The van der Waals surface area contributed by atoms with Crippen LogP contribution >= 0.6 is 24.0 Å². The van der Waals surface area contributed by atoms with Crippen LogP contribution < -0.4 is 15.5 Å². The molecule has 0 radical (unpaired) electrons. The monoisotopic (exact) mass is 481 g/mol. The second kappa shape index (κ2) is 13.4. The van der Waals surface area contributed by atoms with E-state index >= 15 is 0 Å². The van der Waals surface area contributed by atoms with Crippen molar-refractivity contribution in [1.29, 1.82) is 0 Å². The van der Waals surface area contributed by atoms with Crippen LogP contribution in [0.3, 0.4) is 0 Å². The Morgan fingerprint density at radius 3 is 2.67 bits per heavy atom. The third kappa shape index (κ3) is 8.60. The quantitative estimate of drug-likeness (QED) is 0.326. The molecule has 0 atom stereocenters. The molecular formula is C21H32IN5. The number of anilines is 1. The van der Waals surface area contributed by atoms with E-state index in [1.165, 1.54) is 16.8 Å². The molecule has 6 heteroatoms. The first-order valence-corrected chi connectivity index (χ1v) is 9.45. The van der Waals surface area contributed by atoms with E-state index in [-0.39, 0.29) is 24.0 Å². The van der Waals surface area contributed by atoms with Crippen LogP contribution in [0.4, 0.5) is 5.69 Å². The zero-order valence-electron chi connectivity index (χ0n) is 16.6. The van der Waals surface area contributed by atoms with Crippen LogP contribution in [0.25, 0.3) is 0 Å². The van der Waals surface area contributed by atoms with Crippen LogP contribution in [0.5, 0.6) is 0 Å². The van der Waals surface area contributed by atoms with Gasteiger partial charge in [0.05, 0.1) is 0 Å². The van der Waals surface area contributed by atoms with Crippen molar-refractivity contribution in [2.24, 2.45) is 4.99 Å². The van der Waals surface area contributed by atoms with Gasteiger partial charge in [-0.2, -0.15) is 0 Å². The molecule has 0 fully saturated rings. The van der Waals surface area contributed by atoms with Gasteiger partial charge in [0.25, 0.3) is 0 Å². The van der Waals surface area contributed by atoms with Crippen molar-refractivity contribution >= 4 is 35.6 Å². The molecule has 148 valence electrons. The van der Waals surface area contributed by atoms with Crippen molar-refractivity contribution in [2.75, 3.05) is 37.6 Å². The fourth-order valence-corrected chi connectivity index (χ4v) is 2.79. The fraction of sp³-hybridized carbons (Fsp3) is 0.429. The third-order valence-corrected chi connectivity index (χ3v) is 4.16. The summed E-state index contributed by atoms with van der Waals surface area (Å²) in [6, 6.07) is 12.7. The van der Waals surface area contributed by atoms with Gasteiger partial charge < -0.3 is 15.5 Å². The molecule has 0 amide bonds. The van der Waals surface area contributed by atoms with Gasteiger partial charge in [0.15, 0.2) is 5.96 Å². The first-order chi connectivity index (χ1) is 12.7. The Morgan fingerprint density at radius 2 is 2.00 bits per heavy atom. The average Bonchev–Trinajstić information content (AvgIpc) is 2.66. The summed E-state index contributed by atoms with van der Waals surface area (Å²) >= 11 is 0. The molecule has 27 heavy (non-hydrogen) atoms. The number of nitrogens with one attached hydrogen (secondary N) is 2. The number of rotatable bonds is 9. The van der Waals surface area contributed by atoms with Gasteiger partial charge in [-0.05, 0) is 56.5 Å². The molecule has 0 aliphatic rings. The predicted octanol–water partition coefficient (Wildman–Crippen LogP) is 3.63. The van der Waals surface area contributed by atoms with E-state index < -0.39 is 0 Å². The smallest absolute Gasteiger partial charge is 0.191 e. The van der Waals surface area contributed by atoms with Gasteiger partial charge in [-0.1, -0.05) is 18.2 Å². The summed E-state index contributed by atoms with van der Waals surface area (Å²) in [5.41, 5.74) is 3.77. The Labute approximate surface area is 180 Å². The lowest BCUT2D eigenvalue weighted by atomic mass is 10.2. The molecule has 2 N–H and O–H groups in total. The van der Waals surface area contributed by atoms with E-state index in [0.29, 0.717) is 0 Å². The van der Waals surface area contributed by atoms with Crippen molar-refractivity contribution < 1.29 is 0 Å². The maximum Gasteiger partial charge on any atom is 0.191 e. The average molecular weight is 481 g/mol. The van der Waals surface area contributed by atoms with E-state index in [4.69, 9.17) is 0 Å². The number of aromatic nitrogens is 1. The van der Waals surface area contributed by atoms with E-state index in [1.807, 2.05) is 12.3 Å². The molecule has 1 aromatic carbocycles. The number of aliphatic imine (C=N–C) groups is 1. The molecule has 2 aromatic rings. The Kier molecular flexibility index (Phi) is 11.5. The zero-order chi connectivity index (χ0) is 18.6. The van der Waals surface area contributed by atoms with Crippen molar-refractivity contribution in [2.45, 2.75) is 27.2 Å². The Bertz CT molecular complexity index is 675. The second-order valence-electron chi connectivity index (χ2n) is 6.22. The summed E-state index contributed by atoms with van der Waals surface area (Å²) in [7, 11) is 0. The van der Waals surface area contributed by atoms with Crippen molar-refractivity contribution in [3.05, 3.63) is 59.9 Å². The first kappa shape index (κ1) is 23.2. The van der Waals surface area contributed by atoms with Crippen molar-refractivity contribution in [3.63, 3.8) is 0 Å². The molecule has 0 unspecified atom stereocenters. The summed E-state index contributed by atoms with van der Waals surface area (Å²) in [6.07, 6.45) is 4.59. The minimum absolute atomic E-state index is 0. The highest BCUT2D eigenvalue weighted by Crippen LogP contribution is 2.14. The molecule has 5 nitrogen and oxygen atoms in total. The number of halogens is 1. The highest BCUT2D eigenvalue weighted by Gasteiger charge is 2.05. The van der Waals surface area contributed by atoms with Gasteiger partial charge in [-0.3, -0.25) is 9.98 Å². The molecule has 0 saturated heterocycles. The normalized spacial score (nSPS) is 10.9. The zero-order valence-corrected chi connectivity index (χ0v) is 18.9. The number of pyridine rings is 1. The number of likely N-dealkylation sites (N-methyl/N-ethyl adjacent to an activating group) is 1. The SMILES string of the molecule is CCNC(=NCCc1cccnc1)NCCN(CC)c1cccc(C)c1.I. The standard InChI is InChI=1S/C21H31N5.HI/c1-4-23-21(24-13-11-19-9-7-12-22-17-19)25-14-15-26(5-2)20-10-6-8-18(3)16-20;/h6-10,12,16-17H,4-5,11,13-15H2,1-3H3,(H2,23,24,25);1H. The number of guanidine groups is 1. The van der Waals surface area contributed by atoms with E-state index in [0.717, 1.165) is 45.1 Å². The third-order valence-electron chi connectivity index (χ3n) is 4.16. The summed E-state index contributed by atoms with van der Waals surface area (Å²) in [6.45, 7) is 10.8. The molecule has 0 bridgehead atoms. The van der Waals surface area contributed by atoms with E-state index in [2.05, 4.69) is 76.6 Å². The van der Waals surface area contributed by atoms with Gasteiger partial charge in [0.2, 0.25) is 0 Å². The largest absolute Gasteiger partial charge is 0.370 e. The maximum absolute atomic E-state index is 4.67. The Hall–Kier alpha value is -1.83. The lowest BCUT2D eigenvalue weighted by Crippen LogP contribution is -2.41. The van der Waals surface area contributed by atoms with Crippen molar-refractivity contribution in [1.82, 2.24) is 15.6 Å². The molecule has 1 aromatic heterocycles. The highest BCUT2D eigenvalue weighted by molar-refractivity contribution is 14.0. The number of hydrogen-bond donors (Lipinski definition) is 2. The molecule has 1 heterocycles. The van der Waals surface area contributed by atoms with Gasteiger partial charge in [-0.25, -0.2) is 0 Å². The van der Waals surface area contributed by atoms with Gasteiger partial charge in [-0.15, -0.1) is 24.0 Å². The lowest BCUT2D eigenvalue weighted by molar-refractivity contribution is 0.750. The summed E-state index contributed by atoms with van der Waals surface area (Å²) in [5, 5.41) is 6.75. The van der Waals surface area contributed by atoms with Crippen LogP contribution in [-0.2, 0) is 6.42 Å². The molecule has 0 spiro atoms. The van der Waals surface area contributed by atoms with Gasteiger partial charge >= 0.3 is 0 Å². The molecule has 2 rings (SSSR count). The predicted molar refractivity (Wildman–Crippen MR) is 126 cm³/mol. The number of benzene rings is 1. The molecule has 0 saturated carbocycles. The maximum atomic E-state index is 4.67. The summed E-state index contributed by atoms with van der Waals surface area (Å²) in [5.74, 6) is 0.872. The van der Waals surface area contributed by atoms with Crippen LogP contribution in [0.2, 0.25) is 0 Å². The second-order valence-corrected chi connectivity index (χ2v) is 6.22. The summed E-state index contributed by atoms with van der Waals surface area (Å²) < 4.78 is 0. The molecular weight excluding hydrogens is 449 g/mol. The number of aryl methyl sites for hydroxylation is 1. The van der Waals surface area contributed by atoms with Crippen LogP contribution in [0, 0.1) is 6.92 Å². The Balaban J connectivity index is 0.00000364. The molecule has 0 aliphatic heterocycles. The Morgan fingerprint density at radius 1 is 1.15 bits per heavy atom. The van der Waals surface area contributed by atoms with Gasteiger partial charge in [0, 0.05) is 50.8 Å². The number of nitrogens with zero attached hydrogens (tertiary/aromatic N) is 3.